The average molecular weight is 475 g/mol. The first-order valence-corrected chi connectivity index (χ1v) is 10.1. The van der Waals surface area contributed by atoms with Crippen molar-refractivity contribution in [3.8, 4) is 0 Å². The zero-order valence-electron chi connectivity index (χ0n) is 17.4. The second-order valence-electron chi connectivity index (χ2n) is 7.25. The van der Waals surface area contributed by atoms with Crippen molar-refractivity contribution >= 4 is 46.7 Å². The summed E-state index contributed by atoms with van der Waals surface area (Å²) >= 11 is 5.75. The molecule has 172 valence electrons. The van der Waals surface area contributed by atoms with Crippen LogP contribution in [0, 0.1) is 23.0 Å². The van der Waals surface area contributed by atoms with Crippen molar-refractivity contribution in [2.24, 2.45) is 5.92 Å². The molecule has 0 unspecified atom stereocenters. The number of benzene rings is 2. The highest BCUT2D eigenvalue weighted by Crippen LogP contribution is 2.30. The lowest BCUT2D eigenvalue weighted by Gasteiger charge is -2.16. The molecule has 0 aromatic heterocycles. The summed E-state index contributed by atoms with van der Waals surface area (Å²) in [5.74, 6) is -3.37. The normalized spacial score (nSPS) is 15.2. The van der Waals surface area contributed by atoms with Gasteiger partial charge in [0.15, 0.2) is 6.61 Å². The molecule has 0 radical (unpaired) electrons. The van der Waals surface area contributed by atoms with Crippen LogP contribution in [-0.4, -0.2) is 41.8 Å². The van der Waals surface area contributed by atoms with Crippen molar-refractivity contribution in [3.05, 3.63) is 68.7 Å². The molecule has 33 heavy (non-hydrogen) atoms. The Bertz CT molecular complexity index is 1120. The van der Waals surface area contributed by atoms with Gasteiger partial charge in [0.2, 0.25) is 5.91 Å². The Morgan fingerprint density at radius 1 is 1.18 bits per heavy atom. The third-order valence-electron chi connectivity index (χ3n) is 4.93. The Morgan fingerprint density at radius 3 is 2.55 bits per heavy atom. The van der Waals surface area contributed by atoms with Crippen LogP contribution < -0.4 is 15.8 Å². The van der Waals surface area contributed by atoms with Gasteiger partial charge in [-0.05, 0) is 37.3 Å². The number of nitrogens with one attached hydrogen (secondary N) is 2. The van der Waals surface area contributed by atoms with E-state index in [0.717, 1.165) is 0 Å². The molecule has 0 saturated carbocycles. The predicted octanol–water partition coefficient (Wildman–Crippen LogP) is 1.91. The highest BCUT2D eigenvalue weighted by Gasteiger charge is 2.37. The summed E-state index contributed by atoms with van der Waals surface area (Å²) in [6.07, 6.45) is -0.157. The molecule has 3 rings (SSSR count). The van der Waals surface area contributed by atoms with Crippen LogP contribution in [0.1, 0.15) is 22.3 Å². The van der Waals surface area contributed by atoms with Gasteiger partial charge in [-0.2, -0.15) is 0 Å². The fourth-order valence-corrected chi connectivity index (χ4v) is 3.29. The molecule has 1 aliphatic rings. The van der Waals surface area contributed by atoms with Crippen molar-refractivity contribution in [3.63, 3.8) is 0 Å². The number of amides is 3. The number of nitro benzene ring substituents is 1. The van der Waals surface area contributed by atoms with E-state index in [-0.39, 0.29) is 24.2 Å². The molecule has 1 heterocycles. The number of hydrogen-bond donors (Lipinski definition) is 2. The summed E-state index contributed by atoms with van der Waals surface area (Å²) in [5.41, 5.74) is 5.17. The van der Waals surface area contributed by atoms with Gasteiger partial charge in [0, 0.05) is 35.2 Å². The predicted molar refractivity (Wildman–Crippen MR) is 116 cm³/mol. The van der Waals surface area contributed by atoms with Gasteiger partial charge in [0.25, 0.3) is 17.5 Å². The molecule has 1 atom stereocenters. The van der Waals surface area contributed by atoms with E-state index in [9.17, 15) is 29.3 Å². The molecule has 0 bridgehead atoms. The van der Waals surface area contributed by atoms with E-state index >= 15 is 0 Å². The molecule has 11 nitrogen and oxygen atoms in total. The summed E-state index contributed by atoms with van der Waals surface area (Å²) in [6, 6.07) is 10.3. The van der Waals surface area contributed by atoms with Gasteiger partial charge in [-0.25, -0.2) is 0 Å². The lowest BCUT2D eigenvalue weighted by Crippen LogP contribution is -2.43. The Kier molecular flexibility index (Phi) is 7.23. The topological polar surface area (TPSA) is 148 Å². The molecule has 0 aliphatic carbocycles. The monoisotopic (exact) mass is 474 g/mol. The van der Waals surface area contributed by atoms with Gasteiger partial charge in [-0.3, -0.25) is 40.1 Å². The van der Waals surface area contributed by atoms with Gasteiger partial charge < -0.3 is 9.64 Å². The minimum atomic E-state index is -0.839. The number of anilines is 1. The third kappa shape index (κ3) is 5.83. The summed E-state index contributed by atoms with van der Waals surface area (Å²) in [6.45, 7) is 0.879. The van der Waals surface area contributed by atoms with Crippen LogP contribution in [0.5, 0.6) is 0 Å². The number of nitrogens with zero attached hydrogens (tertiary/aromatic N) is 2. The Balaban J connectivity index is 1.50. The fourth-order valence-electron chi connectivity index (χ4n) is 3.17. The van der Waals surface area contributed by atoms with Crippen molar-refractivity contribution < 1.29 is 28.8 Å². The first-order valence-electron chi connectivity index (χ1n) is 9.72. The molecule has 3 amide bonds. The summed E-state index contributed by atoms with van der Waals surface area (Å²) < 4.78 is 4.95. The number of halogens is 1. The molecule has 2 aromatic rings. The van der Waals surface area contributed by atoms with E-state index in [1.807, 2.05) is 0 Å². The van der Waals surface area contributed by atoms with E-state index in [1.165, 1.54) is 41.3 Å². The largest absolute Gasteiger partial charge is 0.455 e. The van der Waals surface area contributed by atoms with Crippen LogP contribution in [0.3, 0.4) is 0 Å². The standard InChI is InChI=1S/C21H19ClN4O7/c1-12-2-7-16(9-17(12)26(31)32)25-10-14(8-19(25)28)21(30)33-11-18(27)23-24-20(29)13-3-5-15(22)6-4-13/h2-7,9,14H,8,10-11H2,1H3,(H,23,27)(H,24,29)/t14-/m1/s1. The maximum atomic E-state index is 12.3. The lowest BCUT2D eigenvalue weighted by atomic mass is 10.1. The number of esters is 1. The van der Waals surface area contributed by atoms with Crippen LogP contribution in [0.2, 0.25) is 5.02 Å². The van der Waals surface area contributed by atoms with E-state index in [2.05, 4.69) is 10.9 Å². The minimum Gasteiger partial charge on any atom is -0.455 e. The number of hydrogen-bond acceptors (Lipinski definition) is 7. The highest BCUT2D eigenvalue weighted by atomic mass is 35.5. The molecular weight excluding hydrogens is 456 g/mol. The number of ether oxygens (including phenoxy) is 1. The van der Waals surface area contributed by atoms with Gasteiger partial charge in [-0.15, -0.1) is 0 Å². The Morgan fingerprint density at radius 2 is 1.88 bits per heavy atom. The van der Waals surface area contributed by atoms with E-state index in [0.29, 0.717) is 16.3 Å². The van der Waals surface area contributed by atoms with Crippen molar-refractivity contribution in [2.75, 3.05) is 18.1 Å². The van der Waals surface area contributed by atoms with Crippen molar-refractivity contribution in [2.45, 2.75) is 13.3 Å². The second kappa shape index (κ2) is 10.1. The van der Waals surface area contributed by atoms with Crippen LogP contribution in [0.15, 0.2) is 42.5 Å². The fraction of sp³-hybridized carbons (Fsp3) is 0.238. The average Bonchev–Trinajstić information content (AvgIpc) is 3.18. The molecule has 1 fully saturated rings. The van der Waals surface area contributed by atoms with Gasteiger partial charge in [0.1, 0.15) is 0 Å². The zero-order valence-corrected chi connectivity index (χ0v) is 18.1. The van der Waals surface area contributed by atoms with Crippen molar-refractivity contribution in [1.82, 2.24) is 10.9 Å². The van der Waals surface area contributed by atoms with Crippen LogP contribution in [0.25, 0.3) is 0 Å². The van der Waals surface area contributed by atoms with Crippen LogP contribution in [-0.2, 0) is 19.1 Å². The molecule has 1 saturated heterocycles. The van der Waals surface area contributed by atoms with E-state index < -0.39 is 41.1 Å². The molecule has 12 heteroatoms. The quantitative estimate of drug-likeness (QED) is 0.369. The van der Waals surface area contributed by atoms with Gasteiger partial charge in [0.05, 0.1) is 16.5 Å². The molecule has 2 N–H and O–H groups in total. The Hall–Kier alpha value is -3.99. The first-order chi connectivity index (χ1) is 15.7. The van der Waals surface area contributed by atoms with Crippen molar-refractivity contribution in [1.29, 1.82) is 0 Å². The van der Waals surface area contributed by atoms with Crippen LogP contribution in [0.4, 0.5) is 11.4 Å². The van der Waals surface area contributed by atoms with Gasteiger partial charge in [-0.1, -0.05) is 17.7 Å². The molecule has 2 aromatic carbocycles. The minimum absolute atomic E-state index is 0.0349. The molecular formula is C21H19ClN4O7. The van der Waals surface area contributed by atoms with E-state index in [4.69, 9.17) is 16.3 Å². The number of rotatable bonds is 6. The van der Waals surface area contributed by atoms with Gasteiger partial charge >= 0.3 is 5.97 Å². The number of carbonyl (C=O) groups excluding carboxylic acids is 4. The number of nitro groups is 1. The number of hydrazine groups is 1. The Labute approximate surface area is 192 Å². The first kappa shape index (κ1) is 23.7. The zero-order chi connectivity index (χ0) is 24.1. The summed E-state index contributed by atoms with van der Waals surface area (Å²) in [5, 5.41) is 11.6. The summed E-state index contributed by atoms with van der Waals surface area (Å²) in [7, 11) is 0. The SMILES string of the molecule is Cc1ccc(N2C[C@H](C(=O)OCC(=O)NNC(=O)c3ccc(Cl)cc3)CC2=O)cc1[N+](=O)[O-]. The maximum Gasteiger partial charge on any atom is 0.311 e. The third-order valence-corrected chi connectivity index (χ3v) is 5.18. The molecule has 1 aliphatic heterocycles. The van der Waals surface area contributed by atoms with E-state index in [1.54, 1.807) is 13.0 Å². The smallest absolute Gasteiger partial charge is 0.311 e. The lowest BCUT2D eigenvalue weighted by molar-refractivity contribution is -0.385. The van der Waals surface area contributed by atoms with Crippen LogP contribution >= 0.6 is 11.6 Å². The second-order valence-corrected chi connectivity index (χ2v) is 7.69. The molecule has 0 spiro atoms. The summed E-state index contributed by atoms with van der Waals surface area (Å²) in [4.78, 5) is 60.3. The highest BCUT2D eigenvalue weighted by molar-refractivity contribution is 6.30. The number of carbonyl (C=O) groups is 4. The maximum absolute atomic E-state index is 12.3. The number of aryl methyl sites for hydroxylation is 1.